The standard InChI is InChI=1S/C22H31BrFN3O2/c23-20-7-6-17(24)14-19(20)22(29)25-11-8-21(28)26-18-9-12-27(13-10-18)15-16-4-2-1-3-5-16/h6-7,14,16,18H,1-5,8-13,15H2,(H,25,29)(H,26,28). The average molecular weight is 468 g/mol. The molecule has 0 aromatic heterocycles. The van der Waals surface area contributed by atoms with E-state index in [1.54, 1.807) is 0 Å². The predicted molar refractivity (Wildman–Crippen MR) is 115 cm³/mol. The second-order valence-electron chi connectivity index (χ2n) is 8.28. The number of hydrogen-bond acceptors (Lipinski definition) is 3. The summed E-state index contributed by atoms with van der Waals surface area (Å²) in [6.45, 7) is 3.54. The highest BCUT2D eigenvalue weighted by Gasteiger charge is 2.23. The lowest BCUT2D eigenvalue weighted by Crippen LogP contribution is -2.46. The van der Waals surface area contributed by atoms with E-state index < -0.39 is 5.82 Å². The number of nitrogens with one attached hydrogen (secondary N) is 2. The number of benzene rings is 1. The third kappa shape index (κ3) is 7.07. The third-order valence-corrected chi connectivity index (χ3v) is 6.70. The van der Waals surface area contributed by atoms with Crippen LogP contribution >= 0.6 is 15.9 Å². The van der Waals surface area contributed by atoms with Crippen molar-refractivity contribution in [1.82, 2.24) is 15.5 Å². The number of hydrogen-bond donors (Lipinski definition) is 2. The van der Waals surface area contributed by atoms with E-state index in [1.165, 1.54) is 56.8 Å². The minimum absolute atomic E-state index is 0.0469. The van der Waals surface area contributed by atoms with Crippen LogP contribution in [0.2, 0.25) is 0 Å². The molecule has 2 N–H and O–H groups in total. The van der Waals surface area contributed by atoms with Gasteiger partial charge in [0.25, 0.3) is 5.91 Å². The van der Waals surface area contributed by atoms with Gasteiger partial charge in [-0.15, -0.1) is 0 Å². The molecule has 0 radical (unpaired) electrons. The third-order valence-electron chi connectivity index (χ3n) is 6.00. The van der Waals surface area contributed by atoms with Gasteiger partial charge >= 0.3 is 0 Å². The molecule has 2 aliphatic rings. The van der Waals surface area contributed by atoms with E-state index in [0.29, 0.717) is 4.47 Å². The highest BCUT2D eigenvalue weighted by molar-refractivity contribution is 9.10. The van der Waals surface area contributed by atoms with Gasteiger partial charge in [-0.05, 0) is 65.7 Å². The summed E-state index contributed by atoms with van der Waals surface area (Å²) in [6.07, 6.45) is 9.09. The van der Waals surface area contributed by atoms with Crippen molar-refractivity contribution in [2.75, 3.05) is 26.2 Å². The molecule has 2 fully saturated rings. The first-order valence-corrected chi connectivity index (χ1v) is 11.6. The van der Waals surface area contributed by atoms with Crippen LogP contribution in [0.15, 0.2) is 22.7 Å². The molecular weight excluding hydrogens is 437 g/mol. The summed E-state index contributed by atoms with van der Waals surface area (Å²) in [5.41, 5.74) is 0.232. The number of amides is 2. The minimum Gasteiger partial charge on any atom is -0.353 e. The van der Waals surface area contributed by atoms with Crippen molar-refractivity contribution in [3.63, 3.8) is 0 Å². The zero-order valence-electron chi connectivity index (χ0n) is 16.9. The lowest BCUT2D eigenvalue weighted by atomic mass is 9.88. The van der Waals surface area contributed by atoms with E-state index in [4.69, 9.17) is 0 Å². The Morgan fingerprint density at radius 2 is 1.83 bits per heavy atom. The fourth-order valence-corrected chi connectivity index (χ4v) is 4.78. The maximum atomic E-state index is 13.3. The van der Waals surface area contributed by atoms with E-state index in [9.17, 15) is 14.0 Å². The van der Waals surface area contributed by atoms with Gasteiger partial charge in [-0.3, -0.25) is 9.59 Å². The zero-order chi connectivity index (χ0) is 20.6. The molecule has 160 valence electrons. The van der Waals surface area contributed by atoms with Crippen LogP contribution in [0, 0.1) is 11.7 Å². The van der Waals surface area contributed by atoms with Crippen molar-refractivity contribution < 1.29 is 14.0 Å². The molecule has 5 nitrogen and oxygen atoms in total. The highest BCUT2D eigenvalue weighted by atomic mass is 79.9. The molecule has 1 aromatic carbocycles. The van der Waals surface area contributed by atoms with E-state index in [-0.39, 0.29) is 36.4 Å². The number of halogens is 2. The molecule has 0 unspecified atom stereocenters. The summed E-state index contributed by atoms with van der Waals surface area (Å²) in [5, 5.41) is 5.77. The molecule has 2 amide bonds. The van der Waals surface area contributed by atoms with Gasteiger partial charge in [0.15, 0.2) is 0 Å². The summed E-state index contributed by atoms with van der Waals surface area (Å²) in [5.74, 6) is -0.0444. The Balaban J connectivity index is 1.32. The number of carbonyl (C=O) groups is 2. The lowest BCUT2D eigenvalue weighted by molar-refractivity contribution is -0.122. The molecular formula is C22H31BrFN3O2. The summed E-state index contributed by atoms with van der Waals surface area (Å²) in [6, 6.07) is 4.19. The average Bonchev–Trinajstić information content (AvgIpc) is 2.72. The van der Waals surface area contributed by atoms with Gasteiger partial charge in [-0.1, -0.05) is 19.3 Å². The van der Waals surface area contributed by atoms with Crippen molar-refractivity contribution in [2.45, 2.75) is 57.4 Å². The molecule has 0 spiro atoms. The number of carbonyl (C=O) groups excluding carboxylic acids is 2. The first-order valence-electron chi connectivity index (χ1n) is 10.8. The van der Waals surface area contributed by atoms with Crippen LogP contribution in [-0.2, 0) is 4.79 Å². The van der Waals surface area contributed by atoms with Gasteiger partial charge in [-0.25, -0.2) is 4.39 Å². The second kappa shape index (κ2) is 11.1. The molecule has 0 bridgehead atoms. The van der Waals surface area contributed by atoms with E-state index in [0.717, 1.165) is 31.8 Å². The summed E-state index contributed by atoms with van der Waals surface area (Å²) >= 11 is 3.24. The van der Waals surface area contributed by atoms with E-state index in [1.807, 2.05) is 0 Å². The minimum atomic E-state index is -0.467. The predicted octanol–water partition coefficient (Wildman–Crippen LogP) is 3.87. The van der Waals surface area contributed by atoms with Crippen LogP contribution in [0.1, 0.15) is 61.7 Å². The summed E-state index contributed by atoms with van der Waals surface area (Å²) < 4.78 is 13.8. The topological polar surface area (TPSA) is 61.4 Å². The molecule has 1 aliphatic heterocycles. The molecule has 0 atom stereocenters. The van der Waals surface area contributed by atoms with Crippen molar-refractivity contribution in [3.8, 4) is 0 Å². The first kappa shape index (κ1) is 22.2. The van der Waals surface area contributed by atoms with Gasteiger partial charge in [0.2, 0.25) is 5.91 Å². The van der Waals surface area contributed by atoms with Crippen LogP contribution in [0.5, 0.6) is 0 Å². The van der Waals surface area contributed by atoms with Crippen LogP contribution in [0.4, 0.5) is 4.39 Å². The Labute approximate surface area is 180 Å². The van der Waals surface area contributed by atoms with Crippen LogP contribution in [0.3, 0.4) is 0 Å². The molecule has 7 heteroatoms. The quantitative estimate of drug-likeness (QED) is 0.639. The van der Waals surface area contributed by atoms with Gasteiger partial charge in [-0.2, -0.15) is 0 Å². The Kier molecular flexibility index (Phi) is 8.48. The van der Waals surface area contributed by atoms with Crippen LogP contribution < -0.4 is 10.6 Å². The Morgan fingerprint density at radius 1 is 1.10 bits per heavy atom. The Bertz CT molecular complexity index is 701. The van der Waals surface area contributed by atoms with Crippen molar-refractivity contribution in [1.29, 1.82) is 0 Å². The van der Waals surface area contributed by atoms with Gasteiger partial charge < -0.3 is 15.5 Å². The summed E-state index contributed by atoms with van der Waals surface area (Å²) in [4.78, 5) is 26.9. The second-order valence-corrected chi connectivity index (χ2v) is 9.13. The SMILES string of the molecule is O=C(CCNC(=O)c1cc(F)ccc1Br)NC1CCN(CC2CCCCC2)CC1. The van der Waals surface area contributed by atoms with Crippen LogP contribution in [-0.4, -0.2) is 48.9 Å². The summed E-state index contributed by atoms with van der Waals surface area (Å²) in [7, 11) is 0. The van der Waals surface area contributed by atoms with Gasteiger partial charge in [0.1, 0.15) is 5.82 Å². The molecule has 29 heavy (non-hydrogen) atoms. The number of likely N-dealkylation sites (tertiary alicyclic amines) is 1. The lowest BCUT2D eigenvalue weighted by Gasteiger charge is -2.35. The maximum Gasteiger partial charge on any atom is 0.252 e. The number of rotatable bonds is 7. The fourth-order valence-electron chi connectivity index (χ4n) is 4.35. The zero-order valence-corrected chi connectivity index (χ0v) is 18.5. The fraction of sp³-hybridized carbons (Fsp3) is 0.636. The van der Waals surface area contributed by atoms with Crippen LogP contribution in [0.25, 0.3) is 0 Å². The number of piperidine rings is 1. The van der Waals surface area contributed by atoms with Crippen molar-refractivity contribution in [3.05, 3.63) is 34.1 Å². The highest BCUT2D eigenvalue weighted by Crippen LogP contribution is 2.25. The van der Waals surface area contributed by atoms with Crippen molar-refractivity contribution >= 4 is 27.7 Å². The largest absolute Gasteiger partial charge is 0.353 e. The monoisotopic (exact) mass is 467 g/mol. The first-order chi connectivity index (χ1) is 14.0. The Hall–Kier alpha value is -1.47. The maximum absolute atomic E-state index is 13.3. The molecule has 1 heterocycles. The van der Waals surface area contributed by atoms with Gasteiger partial charge in [0, 0.05) is 43.1 Å². The van der Waals surface area contributed by atoms with Gasteiger partial charge in [0.05, 0.1) is 5.56 Å². The van der Waals surface area contributed by atoms with Crippen molar-refractivity contribution in [2.24, 2.45) is 5.92 Å². The Morgan fingerprint density at radius 3 is 2.55 bits per heavy atom. The molecule has 3 rings (SSSR count). The van der Waals surface area contributed by atoms with E-state index >= 15 is 0 Å². The molecule has 1 aromatic rings. The molecule has 1 aliphatic carbocycles. The van der Waals surface area contributed by atoms with E-state index in [2.05, 4.69) is 31.5 Å². The normalized spacial score (nSPS) is 19.1. The molecule has 1 saturated carbocycles. The number of nitrogens with zero attached hydrogens (tertiary/aromatic N) is 1. The smallest absolute Gasteiger partial charge is 0.252 e. The molecule has 1 saturated heterocycles.